The number of nitrogens with two attached hydrogens (primary N) is 1. The first kappa shape index (κ1) is 9.80. The van der Waals surface area contributed by atoms with Crippen LogP contribution in [0.3, 0.4) is 0 Å². The van der Waals surface area contributed by atoms with Crippen LogP contribution in [-0.2, 0) is 4.79 Å². The van der Waals surface area contributed by atoms with E-state index in [-0.39, 0.29) is 5.75 Å². The molecule has 1 rings (SSSR count). The van der Waals surface area contributed by atoms with Gasteiger partial charge in [-0.1, -0.05) is 22.0 Å². The van der Waals surface area contributed by atoms with E-state index in [9.17, 15) is 9.90 Å². The van der Waals surface area contributed by atoms with Crippen molar-refractivity contribution in [3.8, 4) is 5.75 Å². The molecule has 0 spiro atoms. The summed E-state index contributed by atoms with van der Waals surface area (Å²) in [6.07, 6.45) is 2.65. The Morgan fingerprint density at radius 2 is 2.23 bits per heavy atom. The summed E-state index contributed by atoms with van der Waals surface area (Å²) in [7, 11) is 0. The lowest BCUT2D eigenvalue weighted by Gasteiger charge is -2.00. The second-order valence-electron chi connectivity index (χ2n) is 2.41. The number of hydrogen-bond donors (Lipinski definition) is 2. The van der Waals surface area contributed by atoms with Gasteiger partial charge < -0.3 is 10.8 Å². The summed E-state index contributed by atoms with van der Waals surface area (Å²) in [6, 6.07) is 4.99. The topological polar surface area (TPSA) is 63.3 Å². The molecule has 0 saturated carbocycles. The molecule has 0 saturated heterocycles. The maximum atomic E-state index is 10.4. The molecular formula is C9H8BrNO2. The number of carbonyl (C=O) groups excluding carboxylic acids is 1. The molecule has 4 heteroatoms. The van der Waals surface area contributed by atoms with E-state index in [0.29, 0.717) is 10.0 Å². The molecule has 0 atom stereocenters. The minimum absolute atomic E-state index is 0.104. The van der Waals surface area contributed by atoms with Gasteiger partial charge in [-0.3, -0.25) is 4.79 Å². The highest BCUT2D eigenvalue weighted by Gasteiger charge is 2.01. The molecule has 0 aliphatic heterocycles. The van der Waals surface area contributed by atoms with E-state index in [1.165, 1.54) is 18.2 Å². The van der Waals surface area contributed by atoms with E-state index in [1.54, 1.807) is 12.1 Å². The lowest BCUT2D eigenvalue weighted by Crippen LogP contribution is -2.05. The van der Waals surface area contributed by atoms with Crippen LogP contribution in [0, 0.1) is 0 Å². The third kappa shape index (κ3) is 2.59. The normalized spacial score (nSPS) is 10.5. The first-order chi connectivity index (χ1) is 6.11. The molecule has 0 aromatic heterocycles. The molecule has 1 amide bonds. The van der Waals surface area contributed by atoms with Crippen LogP contribution in [0.1, 0.15) is 5.56 Å². The van der Waals surface area contributed by atoms with Crippen LogP contribution < -0.4 is 5.73 Å². The molecule has 0 aliphatic rings. The number of benzene rings is 1. The lowest BCUT2D eigenvalue weighted by molar-refractivity contribution is -0.113. The summed E-state index contributed by atoms with van der Waals surface area (Å²) in [5.74, 6) is -0.443. The van der Waals surface area contributed by atoms with Crippen molar-refractivity contribution in [3.05, 3.63) is 34.3 Å². The number of phenolic OH excluding ortho intramolecular Hbond substituents is 1. The summed E-state index contributed by atoms with van der Waals surface area (Å²) in [5.41, 5.74) is 5.46. The first-order valence-electron chi connectivity index (χ1n) is 3.56. The molecule has 0 aliphatic carbocycles. The van der Waals surface area contributed by atoms with Gasteiger partial charge in [0, 0.05) is 16.1 Å². The van der Waals surface area contributed by atoms with Crippen molar-refractivity contribution in [1.82, 2.24) is 0 Å². The van der Waals surface area contributed by atoms with E-state index in [0.717, 1.165) is 0 Å². The van der Waals surface area contributed by atoms with Crippen molar-refractivity contribution in [2.75, 3.05) is 0 Å². The molecule has 0 radical (unpaired) electrons. The maximum Gasteiger partial charge on any atom is 0.241 e. The Hall–Kier alpha value is -1.29. The molecule has 13 heavy (non-hydrogen) atoms. The van der Waals surface area contributed by atoms with E-state index in [4.69, 9.17) is 5.73 Å². The summed E-state index contributed by atoms with van der Waals surface area (Å²) >= 11 is 3.23. The van der Waals surface area contributed by atoms with E-state index in [1.807, 2.05) is 0 Å². The van der Waals surface area contributed by atoms with Gasteiger partial charge in [0.05, 0.1) is 0 Å². The molecule has 0 bridgehead atoms. The number of primary amides is 1. The fraction of sp³-hybridized carbons (Fsp3) is 0. The van der Waals surface area contributed by atoms with Crippen molar-refractivity contribution >= 4 is 27.9 Å². The van der Waals surface area contributed by atoms with Gasteiger partial charge in [-0.15, -0.1) is 0 Å². The van der Waals surface area contributed by atoms with E-state index in [2.05, 4.69) is 15.9 Å². The van der Waals surface area contributed by atoms with Gasteiger partial charge >= 0.3 is 0 Å². The van der Waals surface area contributed by atoms with Crippen molar-refractivity contribution in [1.29, 1.82) is 0 Å². The SMILES string of the molecule is NC(=O)C=Cc1c(O)cccc1Br. The van der Waals surface area contributed by atoms with Crippen LogP contribution in [0.15, 0.2) is 28.7 Å². The quantitative estimate of drug-likeness (QED) is 0.774. The van der Waals surface area contributed by atoms with Gasteiger partial charge in [0.2, 0.25) is 5.91 Å². The van der Waals surface area contributed by atoms with E-state index >= 15 is 0 Å². The Kier molecular flexibility index (Phi) is 3.08. The van der Waals surface area contributed by atoms with Crippen LogP contribution >= 0.6 is 15.9 Å². The number of hydrogen-bond acceptors (Lipinski definition) is 2. The smallest absolute Gasteiger partial charge is 0.241 e. The van der Waals surface area contributed by atoms with Crippen molar-refractivity contribution in [3.63, 3.8) is 0 Å². The highest BCUT2D eigenvalue weighted by Crippen LogP contribution is 2.26. The Morgan fingerprint density at radius 3 is 2.77 bits per heavy atom. The molecule has 68 valence electrons. The number of rotatable bonds is 2. The predicted octanol–water partition coefficient (Wildman–Crippen LogP) is 1.65. The summed E-state index contributed by atoms with van der Waals surface area (Å²) in [6.45, 7) is 0. The molecule has 0 heterocycles. The molecule has 1 aromatic carbocycles. The molecule has 3 N–H and O–H groups in total. The number of aromatic hydroxyl groups is 1. The van der Waals surface area contributed by atoms with Crippen LogP contribution in [0.25, 0.3) is 6.08 Å². The number of phenols is 1. The Morgan fingerprint density at radius 1 is 1.54 bits per heavy atom. The summed E-state index contributed by atoms with van der Waals surface area (Å²) in [4.78, 5) is 10.4. The zero-order chi connectivity index (χ0) is 9.84. The van der Waals surface area contributed by atoms with Crippen molar-refractivity contribution in [2.24, 2.45) is 5.73 Å². The number of carbonyl (C=O) groups is 1. The minimum atomic E-state index is -0.546. The van der Waals surface area contributed by atoms with Crippen LogP contribution in [0.4, 0.5) is 0 Å². The van der Waals surface area contributed by atoms with Gasteiger partial charge in [-0.2, -0.15) is 0 Å². The largest absolute Gasteiger partial charge is 0.507 e. The van der Waals surface area contributed by atoms with Gasteiger partial charge in [0.1, 0.15) is 5.75 Å². The fourth-order valence-electron chi connectivity index (χ4n) is 0.856. The highest BCUT2D eigenvalue weighted by atomic mass is 79.9. The predicted molar refractivity (Wildman–Crippen MR) is 54.0 cm³/mol. The summed E-state index contributed by atoms with van der Waals surface area (Å²) < 4.78 is 0.713. The van der Waals surface area contributed by atoms with Crippen LogP contribution in [-0.4, -0.2) is 11.0 Å². The number of halogens is 1. The third-order valence-electron chi connectivity index (χ3n) is 1.44. The van der Waals surface area contributed by atoms with Gasteiger partial charge in [0.15, 0.2) is 0 Å². The monoisotopic (exact) mass is 241 g/mol. The molecule has 0 fully saturated rings. The van der Waals surface area contributed by atoms with Gasteiger partial charge in [-0.25, -0.2) is 0 Å². The Labute approximate surface area is 84.0 Å². The van der Waals surface area contributed by atoms with E-state index < -0.39 is 5.91 Å². The lowest BCUT2D eigenvalue weighted by atomic mass is 10.2. The van der Waals surface area contributed by atoms with Crippen molar-refractivity contribution in [2.45, 2.75) is 0 Å². The molecule has 3 nitrogen and oxygen atoms in total. The average molecular weight is 242 g/mol. The average Bonchev–Trinajstić information content (AvgIpc) is 2.03. The van der Waals surface area contributed by atoms with Crippen molar-refractivity contribution < 1.29 is 9.90 Å². The fourth-order valence-corrected chi connectivity index (χ4v) is 1.34. The standard InChI is InChI=1S/C9H8BrNO2/c10-7-2-1-3-8(12)6(7)4-5-9(11)13/h1-5,12H,(H2,11,13). The zero-order valence-electron chi connectivity index (χ0n) is 6.70. The minimum Gasteiger partial charge on any atom is -0.507 e. The number of amides is 1. The van der Waals surface area contributed by atoms with Crippen LogP contribution in [0.5, 0.6) is 5.75 Å². The zero-order valence-corrected chi connectivity index (χ0v) is 8.28. The molecule has 1 aromatic rings. The van der Waals surface area contributed by atoms with Crippen LogP contribution in [0.2, 0.25) is 0 Å². The molecular weight excluding hydrogens is 234 g/mol. The van der Waals surface area contributed by atoms with Gasteiger partial charge in [0.25, 0.3) is 0 Å². The second-order valence-corrected chi connectivity index (χ2v) is 3.26. The first-order valence-corrected chi connectivity index (χ1v) is 4.35. The second kappa shape index (κ2) is 4.09. The van der Waals surface area contributed by atoms with Gasteiger partial charge in [-0.05, 0) is 18.2 Å². The third-order valence-corrected chi connectivity index (χ3v) is 2.14. The Balaban J connectivity index is 3.06. The highest BCUT2D eigenvalue weighted by molar-refractivity contribution is 9.10. The Bertz CT molecular complexity index is 340. The summed E-state index contributed by atoms with van der Waals surface area (Å²) in [5, 5.41) is 9.37. The molecule has 0 unspecified atom stereocenters. The maximum absolute atomic E-state index is 10.4.